The minimum absolute atomic E-state index is 0.0795. The van der Waals surface area contributed by atoms with Crippen molar-refractivity contribution in [3.63, 3.8) is 0 Å². The number of halogens is 3. The zero-order chi connectivity index (χ0) is 17.0. The largest absolute Gasteiger partial charge is 0.416 e. The number of carbonyl (C=O) groups excluding carboxylic acids is 1. The van der Waals surface area contributed by atoms with Crippen molar-refractivity contribution in [3.8, 4) is 0 Å². The van der Waals surface area contributed by atoms with Crippen LogP contribution in [-0.2, 0) is 19.6 Å². The molecule has 1 atom stereocenters. The topological polar surface area (TPSA) is 59.0 Å². The van der Waals surface area contributed by atoms with E-state index >= 15 is 0 Å². The van der Waals surface area contributed by atoms with E-state index in [2.05, 4.69) is 15.7 Å². The van der Waals surface area contributed by atoms with E-state index in [-0.39, 0.29) is 12.0 Å². The third-order valence-electron chi connectivity index (χ3n) is 3.19. The molecule has 0 aliphatic carbocycles. The molecule has 0 aliphatic rings. The van der Waals surface area contributed by atoms with Gasteiger partial charge in [-0.25, -0.2) is 4.79 Å². The van der Waals surface area contributed by atoms with Gasteiger partial charge >= 0.3 is 12.2 Å². The second kappa shape index (κ2) is 6.72. The summed E-state index contributed by atoms with van der Waals surface area (Å²) in [4.78, 5) is 11.8. The third-order valence-corrected chi connectivity index (χ3v) is 3.19. The number of nitrogens with one attached hydrogen (secondary N) is 2. The molecule has 2 rings (SSSR count). The summed E-state index contributed by atoms with van der Waals surface area (Å²) in [6, 6.07) is 4.40. The van der Waals surface area contributed by atoms with Crippen molar-refractivity contribution in [2.45, 2.75) is 25.6 Å². The van der Waals surface area contributed by atoms with Gasteiger partial charge in [0.2, 0.25) is 0 Å². The number of benzene rings is 1. The Morgan fingerprint density at radius 1 is 1.35 bits per heavy atom. The lowest BCUT2D eigenvalue weighted by Crippen LogP contribution is -2.37. The van der Waals surface area contributed by atoms with Gasteiger partial charge in [-0.05, 0) is 25.0 Å². The Morgan fingerprint density at radius 3 is 2.65 bits per heavy atom. The van der Waals surface area contributed by atoms with Crippen LogP contribution in [0.25, 0.3) is 0 Å². The van der Waals surface area contributed by atoms with E-state index in [0.29, 0.717) is 5.69 Å². The summed E-state index contributed by atoms with van der Waals surface area (Å²) in [5, 5.41) is 9.08. The van der Waals surface area contributed by atoms with Crippen molar-refractivity contribution >= 4 is 11.7 Å². The van der Waals surface area contributed by atoms with Gasteiger partial charge in [0.25, 0.3) is 0 Å². The fraction of sp³-hybridized carbons (Fsp3) is 0.333. The summed E-state index contributed by atoms with van der Waals surface area (Å²) in [5.41, 5.74) is -0.0246. The number of hydrogen-bond donors (Lipinski definition) is 2. The van der Waals surface area contributed by atoms with Crippen LogP contribution in [0.3, 0.4) is 0 Å². The van der Waals surface area contributed by atoms with Gasteiger partial charge in [0, 0.05) is 19.3 Å². The number of carbonyl (C=O) groups is 1. The number of alkyl halides is 3. The van der Waals surface area contributed by atoms with Crippen molar-refractivity contribution in [1.29, 1.82) is 0 Å². The molecule has 0 aliphatic heterocycles. The quantitative estimate of drug-likeness (QED) is 0.906. The molecule has 0 saturated heterocycles. The highest BCUT2D eigenvalue weighted by Crippen LogP contribution is 2.32. The Bertz CT molecular complexity index is 681. The standard InChI is InChI=1S/C15H17F3N4O/c1-10(20-14(23)21-12-8-19-22(2)9-12)7-11-5-3-4-6-13(11)15(16,17)18/h3-6,8-10H,7H2,1-2H3,(H2,20,21,23)/t10-/m1/s1. The first-order valence-electron chi connectivity index (χ1n) is 6.97. The van der Waals surface area contributed by atoms with Crippen molar-refractivity contribution in [2.75, 3.05) is 5.32 Å². The van der Waals surface area contributed by atoms with Crippen LogP contribution in [0.1, 0.15) is 18.1 Å². The van der Waals surface area contributed by atoms with Crippen LogP contribution < -0.4 is 10.6 Å². The van der Waals surface area contributed by atoms with E-state index in [4.69, 9.17) is 0 Å². The maximum atomic E-state index is 12.9. The highest BCUT2D eigenvalue weighted by molar-refractivity contribution is 5.89. The first-order valence-corrected chi connectivity index (χ1v) is 6.97. The lowest BCUT2D eigenvalue weighted by atomic mass is 10.0. The number of aromatic nitrogens is 2. The smallest absolute Gasteiger partial charge is 0.335 e. The lowest BCUT2D eigenvalue weighted by Gasteiger charge is -2.17. The summed E-state index contributed by atoms with van der Waals surface area (Å²) >= 11 is 0. The van der Waals surface area contributed by atoms with E-state index in [1.54, 1.807) is 26.2 Å². The van der Waals surface area contributed by atoms with Gasteiger partial charge in [-0.2, -0.15) is 18.3 Å². The summed E-state index contributed by atoms with van der Waals surface area (Å²) in [7, 11) is 1.71. The number of rotatable bonds is 4. The first kappa shape index (κ1) is 16.9. The summed E-state index contributed by atoms with van der Waals surface area (Å²) in [5.74, 6) is 0. The van der Waals surface area contributed by atoms with Gasteiger partial charge in [-0.3, -0.25) is 4.68 Å². The minimum Gasteiger partial charge on any atom is -0.335 e. The number of urea groups is 1. The molecule has 0 unspecified atom stereocenters. The van der Waals surface area contributed by atoms with Crippen LogP contribution in [0, 0.1) is 0 Å². The van der Waals surface area contributed by atoms with Crippen molar-refractivity contribution in [2.24, 2.45) is 7.05 Å². The Hall–Kier alpha value is -2.51. The van der Waals surface area contributed by atoms with Crippen molar-refractivity contribution in [1.82, 2.24) is 15.1 Å². The van der Waals surface area contributed by atoms with Crippen LogP contribution in [0.15, 0.2) is 36.7 Å². The molecular weight excluding hydrogens is 309 g/mol. The Kier molecular flexibility index (Phi) is 4.92. The van der Waals surface area contributed by atoms with Gasteiger partial charge in [0.15, 0.2) is 0 Å². The van der Waals surface area contributed by atoms with Gasteiger partial charge < -0.3 is 10.6 Å². The Labute approximate surface area is 131 Å². The first-order chi connectivity index (χ1) is 10.8. The molecule has 5 nitrogen and oxygen atoms in total. The van der Waals surface area contributed by atoms with Gasteiger partial charge in [0.05, 0.1) is 17.4 Å². The van der Waals surface area contributed by atoms with Crippen LogP contribution >= 0.6 is 0 Å². The number of nitrogens with zero attached hydrogens (tertiary/aromatic N) is 2. The monoisotopic (exact) mass is 326 g/mol. The molecule has 1 aromatic heterocycles. The molecule has 0 fully saturated rings. The molecular formula is C15H17F3N4O. The average molecular weight is 326 g/mol. The van der Waals surface area contributed by atoms with E-state index in [0.717, 1.165) is 6.07 Å². The number of hydrogen-bond acceptors (Lipinski definition) is 2. The molecule has 124 valence electrons. The van der Waals surface area contributed by atoms with Gasteiger partial charge in [-0.15, -0.1) is 0 Å². The second-order valence-corrected chi connectivity index (χ2v) is 5.26. The summed E-state index contributed by atoms with van der Waals surface area (Å²) < 4.78 is 40.4. The zero-order valence-corrected chi connectivity index (χ0v) is 12.7. The molecule has 0 spiro atoms. The summed E-state index contributed by atoms with van der Waals surface area (Å²) in [6.45, 7) is 1.65. The van der Waals surface area contributed by atoms with Gasteiger partial charge in [0.1, 0.15) is 0 Å². The van der Waals surface area contributed by atoms with Crippen LogP contribution in [0.5, 0.6) is 0 Å². The molecule has 1 aromatic carbocycles. The second-order valence-electron chi connectivity index (χ2n) is 5.26. The number of anilines is 1. The maximum absolute atomic E-state index is 12.9. The molecule has 2 N–H and O–H groups in total. The van der Waals surface area contributed by atoms with Crippen LogP contribution in [0.2, 0.25) is 0 Å². The van der Waals surface area contributed by atoms with Crippen molar-refractivity contribution in [3.05, 3.63) is 47.8 Å². The lowest BCUT2D eigenvalue weighted by molar-refractivity contribution is -0.138. The predicted molar refractivity (Wildman–Crippen MR) is 80.0 cm³/mol. The predicted octanol–water partition coefficient (Wildman–Crippen LogP) is 3.19. The molecule has 0 radical (unpaired) electrons. The van der Waals surface area contributed by atoms with Crippen molar-refractivity contribution < 1.29 is 18.0 Å². The minimum atomic E-state index is -4.41. The maximum Gasteiger partial charge on any atom is 0.416 e. The SMILES string of the molecule is C[C@H](Cc1ccccc1C(F)(F)F)NC(=O)Nc1cnn(C)c1. The fourth-order valence-electron chi connectivity index (χ4n) is 2.23. The van der Waals surface area contributed by atoms with E-state index in [1.807, 2.05) is 0 Å². The normalized spacial score (nSPS) is 12.7. The fourth-order valence-corrected chi connectivity index (χ4v) is 2.23. The number of amides is 2. The van der Waals surface area contributed by atoms with Crippen LogP contribution in [-0.4, -0.2) is 21.9 Å². The average Bonchev–Trinajstić information content (AvgIpc) is 2.83. The molecule has 1 heterocycles. The van der Waals surface area contributed by atoms with E-state index in [1.165, 1.54) is 23.0 Å². The summed E-state index contributed by atoms with van der Waals surface area (Å²) in [6.07, 6.45) is -1.24. The van der Waals surface area contributed by atoms with E-state index < -0.39 is 23.8 Å². The third kappa shape index (κ3) is 4.73. The molecule has 8 heteroatoms. The molecule has 2 amide bonds. The zero-order valence-electron chi connectivity index (χ0n) is 12.7. The van der Waals surface area contributed by atoms with Gasteiger partial charge in [-0.1, -0.05) is 18.2 Å². The number of aryl methyl sites for hydroxylation is 1. The molecule has 0 saturated carbocycles. The Morgan fingerprint density at radius 2 is 2.04 bits per heavy atom. The van der Waals surface area contributed by atoms with E-state index in [9.17, 15) is 18.0 Å². The molecule has 23 heavy (non-hydrogen) atoms. The highest BCUT2D eigenvalue weighted by Gasteiger charge is 2.33. The van der Waals surface area contributed by atoms with Crippen LogP contribution in [0.4, 0.5) is 23.7 Å². The highest BCUT2D eigenvalue weighted by atomic mass is 19.4. The molecule has 0 bridgehead atoms. The Balaban J connectivity index is 1.97. The molecule has 2 aromatic rings.